The number of alkyl halides is 2. The predicted molar refractivity (Wildman–Crippen MR) is 54.0 cm³/mol. The molecule has 0 unspecified atom stereocenters. The van der Waals surface area contributed by atoms with E-state index >= 15 is 0 Å². The maximum Gasteiger partial charge on any atom is 0.336 e. The summed E-state index contributed by atoms with van der Waals surface area (Å²) in [5, 5.41) is 8.86. The van der Waals surface area contributed by atoms with Gasteiger partial charge in [-0.25, -0.2) is 13.6 Å². The summed E-state index contributed by atoms with van der Waals surface area (Å²) in [5.41, 5.74) is -1.01. The van der Waals surface area contributed by atoms with Gasteiger partial charge in [0.15, 0.2) is 11.5 Å². The Morgan fingerprint density at radius 2 is 1.82 bits per heavy atom. The van der Waals surface area contributed by atoms with Crippen molar-refractivity contribution in [3.63, 3.8) is 0 Å². The van der Waals surface area contributed by atoms with Crippen LogP contribution in [-0.2, 0) is 0 Å². The van der Waals surface area contributed by atoms with Crippen molar-refractivity contribution < 1.29 is 28.2 Å². The molecule has 0 fully saturated rings. The van der Waals surface area contributed by atoms with Crippen LogP contribution in [0, 0.1) is 0 Å². The highest BCUT2D eigenvalue weighted by Gasteiger charge is 2.23. The van der Waals surface area contributed by atoms with Gasteiger partial charge in [-0.3, -0.25) is 0 Å². The van der Waals surface area contributed by atoms with Crippen molar-refractivity contribution in [1.82, 2.24) is 0 Å². The summed E-state index contributed by atoms with van der Waals surface area (Å²) in [4.78, 5) is 10.9. The molecule has 0 bridgehead atoms. The molecule has 2 rings (SSSR count). The Balaban J connectivity index is 2.52. The fourth-order valence-corrected chi connectivity index (χ4v) is 1.59. The third kappa shape index (κ3) is 2.30. The second kappa shape index (κ2) is 4.57. The maximum atomic E-state index is 12.7. The average molecular weight is 244 g/mol. The second-order valence-electron chi connectivity index (χ2n) is 3.54. The van der Waals surface area contributed by atoms with E-state index in [9.17, 15) is 13.6 Å². The number of carboxylic acid groups (broad SMARTS) is 1. The summed E-state index contributed by atoms with van der Waals surface area (Å²) in [6.07, 6.45) is -2.24. The number of aromatic carboxylic acids is 1. The Hall–Kier alpha value is -1.85. The lowest BCUT2D eigenvalue weighted by Crippen LogP contribution is -2.05. The first-order valence-corrected chi connectivity index (χ1v) is 5.04. The molecule has 1 heterocycles. The zero-order chi connectivity index (χ0) is 12.4. The number of rotatable bonds is 2. The third-order valence-electron chi connectivity index (χ3n) is 2.39. The van der Waals surface area contributed by atoms with Crippen molar-refractivity contribution in [1.29, 1.82) is 0 Å². The minimum absolute atomic E-state index is 0.169. The Morgan fingerprint density at radius 3 is 2.35 bits per heavy atom. The fraction of sp³-hybridized carbons (Fsp3) is 0.364. The largest absolute Gasteiger partial charge is 0.490 e. The molecule has 17 heavy (non-hydrogen) atoms. The van der Waals surface area contributed by atoms with Gasteiger partial charge in [0.05, 0.1) is 18.8 Å². The molecular formula is C11H10F2O4. The monoisotopic (exact) mass is 244 g/mol. The van der Waals surface area contributed by atoms with Gasteiger partial charge in [0, 0.05) is 12.0 Å². The minimum atomic E-state index is -2.86. The van der Waals surface area contributed by atoms with E-state index in [1.54, 1.807) is 0 Å². The van der Waals surface area contributed by atoms with E-state index in [1.165, 1.54) is 0 Å². The Bertz CT molecular complexity index is 445. The van der Waals surface area contributed by atoms with Crippen LogP contribution >= 0.6 is 0 Å². The molecule has 0 spiro atoms. The van der Waals surface area contributed by atoms with E-state index in [0.717, 1.165) is 12.1 Å². The van der Waals surface area contributed by atoms with Crippen LogP contribution in [0.3, 0.4) is 0 Å². The molecule has 0 saturated carbocycles. The van der Waals surface area contributed by atoms with Crippen molar-refractivity contribution in [2.24, 2.45) is 0 Å². The van der Waals surface area contributed by atoms with Gasteiger partial charge in [0.25, 0.3) is 6.43 Å². The number of fused-ring (bicyclic) bond motifs is 1. The van der Waals surface area contributed by atoms with Gasteiger partial charge in [-0.2, -0.15) is 0 Å². The molecule has 92 valence electrons. The van der Waals surface area contributed by atoms with Crippen LogP contribution in [0.25, 0.3) is 0 Å². The molecule has 0 radical (unpaired) electrons. The molecule has 0 saturated heterocycles. The van der Waals surface area contributed by atoms with Crippen LogP contribution in [0.4, 0.5) is 8.78 Å². The highest BCUT2D eigenvalue weighted by molar-refractivity contribution is 5.90. The first kappa shape index (κ1) is 11.6. The first-order valence-electron chi connectivity index (χ1n) is 5.04. The number of carbonyl (C=O) groups is 1. The summed E-state index contributed by atoms with van der Waals surface area (Å²) in [6.45, 7) is 0.738. The zero-order valence-corrected chi connectivity index (χ0v) is 8.78. The van der Waals surface area contributed by atoms with Crippen LogP contribution in [-0.4, -0.2) is 24.3 Å². The molecule has 0 aromatic heterocycles. The summed E-state index contributed by atoms with van der Waals surface area (Å²) >= 11 is 0. The highest BCUT2D eigenvalue weighted by Crippen LogP contribution is 2.36. The van der Waals surface area contributed by atoms with Crippen LogP contribution < -0.4 is 9.47 Å². The number of hydrogen-bond acceptors (Lipinski definition) is 3. The molecule has 4 nitrogen and oxygen atoms in total. The number of halogens is 2. The molecular weight excluding hydrogens is 234 g/mol. The molecule has 1 aliphatic rings. The van der Waals surface area contributed by atoms with Gasteiger partial charge < -0.3 is 14.6 Å². The summed E-state index contributed by atoms with van der Waals surface area (Å²) in [7, 11) is 0. The fourth-order valence-electron chi connectivity index (χ4n) is 1.59. The molecule has 1 aromatic rings. The highest BCUT2D eigenvalue weighted by atomic mass is 19.3. The van der Waals surface area contributed by atoms with E-state index < -0.39 is 23.5 Å². The molecule has 1 N–H and O–H groups in total. The lowest BCUT2D eigenvalue weighted by Gasteiger charge is -2.11. The van der Waals surface area contributed by atoms with Gasteiger partial charge >= 0.3 is 5.97 Å². The Kier molecular flexibility index (Phi) is 3.12. The summed E-state index contributed by atoms with van der Waals surface area (Å²) in [6, 6.07) is 2.12. The first-order chi connectivity index (χ1) is 8.09. The van der Waals surface area contributed by atoms with Gasteiger partial charge in [-0.15, -0.1) is 0 Å². The van der Waals surface area contributed by atoms with Crippen molar-refractivity contribution in [3.05, 3.63) is 23.3 Å². The minimum Gasteiger partial charge on any atom is -0.490 e. The predicted octanol–water partition coefficient (Wildman–Crippen LogP) is 2.48. The van der Waals surface area contributed by atoms with Crippen LogP contribution in [0.5, 0.6) is 11.5 Å². The zero-order valence-electron chi connectivity index (χ0n) is 8.78. The molecule has 0 amide bonds. The Morgan fingerprint density at radius 1 is 1.24 bits per heavy atom. The van der Waals surface area contributed by atoms with Crippen LogP contribution in [0.1, 0.15) is 28.8 Å². The van der Waals surface area contributed by atoms with Crippen LogP contribution in [0.2, 0.25) is 0 Å². The molecule has 1 aromatic carbocycles. The second-order valence-corrected chi connectivity index (χ2v) is 3.54. The maximum absolute atomic E-state index is 12.7. The molecule has 0 atom stereocenters. The van der Waals surface area contributed by atoms with Gasteiger partial charge in [0.2, 0.25) is 0 Å². The SMILES string of the molecule is O=C(O)c1cc2c(cc1C(F)F)OCCCO2. The summed E-state index contributed by atoms with van der Waals surface area (Å²) in [5.74, 6) is -1.04. The molecule has 0 aliphatic carbocycles. The third-order valence-corrected chi connectivity index (χ3v) is 2.39. The normalized spacial score (nSPS) is 14.5. The van der Waals surface area contributed by atoms with Crippen molar-refractivity contribution in [2.75, 3.05) is 13.2 Å². The van der Waals surface area contributed by atoms with E-state index in [2.05, 4.69) is 0 Å². The van der Waals surface area contributed by atoms with Gasteiger partial charge in [-0.1, -0.05) is 0 Å². The number of benzene rings is 1. The average Bonchev–Trinajstić information content (AvgIpc) is 2.51. The topological polar surface area (TPSA) is 55.8 Å². The summed E-state index contributed by atoms with van der Waals surface area (Å²) < 4.78 is 35.9. The van der Waals surface area contributed by atoms with Gasteiger partial charge in [-0.05, 0) is 12.1 Å². The smallest absolute Gasteiger partial charge is 0.336 e. The van der Waals surface area contributed by atoms with Crippen molar-refractivity contribution >= 4 is 5.97 Å². The van der Waals surface area contributed by atoms with Gasteiger partial charge in [0.1, 0.15) is 0 Å². The van der Waals surface area contributed by atoms with E-state index in [0.29, 0.717) is 19.6 Å². The molecule has 6 heteroatoms. The van der Waals surface area contributed by atoms with Crippen molar-refractivity contribution in [2.45, 2.75) is 12.8 Å². The number of hydrogen-bond donors (Lipinski definition) is 1. The van der Waals surface area contributed by atoms with E-state index in [-0.39, 0.29) is 11.5 Å². The number of carboxylic acids is 1. The lowest BCUT2D eigenvalue weighted by molar-refractivity contribution is 0.0684. The van der Waals surface area contributed by atoms with Crippen LogP contribution in [0.15, 0.2) is 12.1 Å². The van der Waals surface area contributed by atoms with E-state index in [4.69, 9.17) is 14.6 Å². The quantitative estimate of drug-likeness (QED) is 0.868. The standard InChI is InChI=1S/C11H10F2O4/c12-10(13)6-4-8-9(5-7(6)11(14)15)17-3-1-2-16-8/h4-5,10H,1-3H2,(H,14,15). The van der Waals surface area contributed by atoms with E-state index in [1.807, 2.05) is 0 Å². The molecule has 1 aliphatic heterocycles. The van der Waals surface area contributed by atoms with Crippen molar-refractivity contribution in [3.8, 4) is 11.5 Å². The lowest BCUT2D eigenvalue weighted by atomic mass is 10.1. The number of ether oxygens (including phenoxy) is 2. The Labute approximate surface area is 95.8 Å².